The lowest BCUT2D eigenvalue weighted by Gasteiger charge is -2.07. The van der Waals surface area contributed by atoms with E-state index in [0.717, 1.165) is 22.4 Å². The van der Waals surface area contributed by atoms with Crippen LogP contribution in [-0.4, -0.2) is 21.0 Å². The summed E-state index contributed by atoms with van der Waals surface area (Å²) in [6.45, 7) is 7.07. The molecule has 4 nitrogen and oxygen atoms in total. The van der Waals surface area contributed by atoms with E-state index in [1.807, 2.05) is 25.3 Å². The second-order valence-corrected chi connectivity index (χ2v) is 5.61. The van der Waals surface area contributed by atoms with Crippen molar-refractivity contribution in [2.45, 2.75) is 43.5 Å². The number of aryl methyl sites for hydroxylation is 1. The van der Waals surface area contributed by atoms with E-state index >= 15 is 0 Å². The van der Waals surface area contributed by atoms with Gasteiger partial charge in [-0.05, 0) is 36.4 Å². The summed E-state index contributed by atoms with van der Waals surface area (Å²) in [6, 6.07) is 6.46. The molecule has 0 unspecified atom stereocenters. The molecule has 0 radical (unpaired) electrons. The first-order valence-electron chi connectivity index (χ1n) is 6.29. The maximum Gasteiger partial charge on any atom is 0.194 e. The first kappa shape index (κ1) is 14.0. The van der Waals surface area contributed by atoms with Gasteiger partial charge in [0.15, 0.2) is 5.16 Å². The second kappa shape index (κ2) is 6.63. The molecule has 0 spiro atoms. The van der Waals surface area contributed by atoms with Crippen LogP contribution in [0.5, 0.6) is 0 Å². The quantitative estimate of drug-likeness (QED) is 0.850. The molecule has 0 bridgehead atoms. The van der Waals surface area contributed by atoms with Crippen LogP contribution in [0.1, 0.15) is 25.1 Å². The molecule has 0 aliphatic heterocycles. The van der Waals surface area contributed by atoms with E-state index in [4.69, 9.17) is 0 Å². The summed E-state index contributed by atoms with van der Waals surface area (Å²) in [5, 5.41) is 5.02. The van der Waals surface area contributed by atoms with Gasteiger partial charge in [0, 0.05) is 30.7 Å². The molecule has 0 aliphatic carbocycles. The van der Waals surface area contributed by atoms with Gasteiger partial charge in [-0.25, -0.2) is 15.0 Å². The normalized spacial score (nSPS) is 10.9. The highest BCUT2D eigenvalue weighted by Gasteiger charge is 2.02. The van der Waals surface area contributed by atoms with E-state index in [-0.39, 0.29) is 0 Å². The molecule has 2 aromatic heterocycles. The van der Waals surface area contributed by atoms with E-state index in [1.54, 1.807) is 6.20 Å². The van der Waals surface area contributed by atoms with Crippen LogP contribution in [0.3, 0.4) is 0 Å². The molecule has 0 atom stereocenters. The van der Waals surface area contributed by atoms with Gasteiger partial charge in [0.25, 0.3) is 0 Å². The molecule has 0 aliphatic rings. The molecule has 100 valence electrons. The summed E-state index contributed by atoms with van der Waals surface area (Å²) in [7, 11) is 0. The first-order chi connectivity index (χ1) is 9.13. The van der Waals surface area contributed by atoms with Gasteiger partial charge < -0.3 is 5.32 Å². The SMILES string of the molecule is Cc1ccnc(Sc2ccc(CNC(C)C)cn2)n1. The average Bonchev–Trinajstić information content (AvgIpc) is 2.38. The Labute approximate surface area is 118 Å². The van der Waals surface area contributed by atoms with Gasteiger partial charge >= 0.3 is 0 Å². The molecule has 0 amide bonds. The zero-order valence-corrected chi connectivity index (χ0v) is 12.2. The Morgan fingerprint density at radius 1 is 1.21 bits per heavy atom. The van der Waals surface area contributed by atoms with Crippen molar-refractivity contribution in [2.75, 3.05) is 0 Å². The van der Waals surface area contributed by atoms with Crippen molar-refractivity contribution < 1.29 is 0 Å². The van der Waals surface area contributed by atoms with Gasteiger partial charge in [0.05, 0.1) is 0 Å². The van der Waals surface area contributed by atoms with Crippen molar-refractivity contribution in [1.82, 2.24) is 20.3 Å². The Bertz CT molecular complexity index is 525. The number of rotatable bonds is 5. The van der Waals surface area contributed by atoms with Crippen LogP contribution in [0.4, 0.5) is 0 Å². The number of pyridine rings is 1. The highest BCUT2D eigenvalue weighted by molar-refractivity contribution is 7.99. The van der Waals surface area contributed by atoms with Crippen molar-refractivity contribution >= 4 is 11.8 Å². The molecule has 0 saturated carbocycles. The van der Waals surface area contributed by atoms with Crippen LogP contribution in [0.15, 0.2) is 40.8 Å². The third kappa shape index (κ3) is 4.61. The van der Waals surface area contributed by atoms with Crippen molar-refractivity contribution in [3.8, 4) is 0 Å². The molecule has 1 N–H and O–H groups in total. The lowest BCUT2D eigenvalue weighted by Crippen LogP contribution is -2.21. The predicted octanol–water partition coefficient (Wildman–Crippen LogP) is 2.83. The molecule has 19 heavy (non-hydrogen) atoms. The Hall–Kier alpha value is -1.46. The molecular formula is C14H18N4S. The molecule has 5 heteroatoms. The monoisotopic (exact) mass is 274 g/mol. The highest BCUT2D eigenvalue weighted by Crippen LogP contribution is 2.22. The minimum Gasteiger partial charge on any atom is -0.310 e. The van der Waals surface area contributed by atoms with Crippen molar-refractivity contribution in [1.29, 1.82) is 0 Å². The smallest absolute Gasteiger partial charge is 0.194 e. The summed E-state index contributed by atoms with van der Waals surface area (Å²) in [4.78, 5) is 13.0. The van der Waals surface area contributed by atoms with Crippen molar-refractivity contribution in [3.63, 3.8) is 0 Å². The van der Waals surface area contributed by atoms with Crippen molar-refractivity contribution in [2.24, 2.45) is 0 Å². The Morgan fingerprint density at radius 2 is 2.05 bits per heavy atom. The second-order valence-electron chi connectivity index (χ2n) is 4.62. The highest BCUT2D eigenvalue weighted by atomic mass is 32.2. The van der Waals surface area contributed by atoms with Crippen LogP contribution in [-0.2, 0) is 6.54 Å². The van der Waals surface area contributed by atoms with E-state index < -0.39 is 0 Å². The molecule has 2 heterocycles. The van der Waals surface area contributed by atoms with E-state index in [9.17, 15) is 0 Å². The number of hydrogen-bond acceptors (Lipinski definition) is 5. The van der Waals surface area contributed by atoms with E-state index in [1.165, 1.54) is 17.3 Å². The van der Waals surface area contributed by atoms with Gasteiger partial charge in [-0.15, -0.1) is 0 Å². The summed E-state index contributed by atoms with van der Waals surface area (Å²) >= 11 is 1.48. The summed E-state index contributed by atoms with van der Waals surface area (Å²) in [5.74, 6) is 0. The third-order valence-corrected chi connectivity index (χ3v) is 3.31. The standard InChI is InChI=1S/C14H18N4S/c1-10(2)16-8-12-4-5-13(17-9-12)19-14-15-7-6-11(3)18-14/h4-7,9-10,16H,8H2,1-3H3. The predicted molar refractivity (Wildman–Crippen MR) is 77.1 cm³/mol. The summed E-state index contributed by atoms with van der Waals surface area (Å²) < 4.78 is 0. The molecule has 0 saturated heterocycles. The van der Waals surface area contributed by atoms with Crippen LogP contribution in [0.25, 0.3) is 0 Å². The average molecular weight is 274 g/mol. The summed E-state index contributed by atoms with van der Waals surface area (Å²) in [6.07, 6.45) is 3.67. The number of nitrogens with one attached hydrogen (secondary N) is 1. The van der Waals surface area contributed by atoms with Gasteiger partial charge in [0.1, 0.15) is 5.03 Å². The van der Waals surface area contributed by atoms with Crippen LogP contribution < -0.4 is 5.32 Å². The van der Waals surface area contributed by atoms with Crippen LogP contribution >= 0.6 is 11.8 Å². The fraction of sp³-hybridized carbons (Fsp3) is 0.357. The largest absolute Gasteiger partial charge is 0.310 e. The Balaban J connectivity index is 1.98. The van der Waals surface area contributed by atoms with Crippen LogP contribution in [0, 0.1) is 6.92 Å². The fourth-order valence-electron chi connectivity index (χ4n) is 1.47. The topological polar surface area (TPSA) is 50.7 Å². The maximum absolute atomic E-state index is 4.42. The van der Waals surface area contributed by atoms with Crippen LogP contribution in [0.2, 0.25) is 0 Å². The number of nitrogens with zero attached hydrogens (tertiary/aromatic N) is 3. The minimum absolute atomic E-state index is 0.481. The third-order valence-electron chi connectivity index (χ3n) is 2.48. The number of aromatic nitrogens is 3. The van der Waals surface area contributed by atoms with E-state index in [0.29, 0.717) is 6.04 Å². The fourth-order valence-corrected chi connectivity index (χ4v) is 2.20. The molecule has 0 fully saturated rings. The van der Waals surface area contributed by atoms with Crippen molar-refractivity contribution in [3.05, 3.63) is 41.9 Å². The Kier molecular flexibility index (Phi) is 4.87. The zero-order chi connectivity index (χ0) is 13.7. The molecule has 2 rings (SSSR count). The lowest BCUT2D eigenvalue weighted by molar-refractivity contribution is 0.587. The van der Waals surface area contributed by atoms with Gasteiger partial charge in [-0.3, -0.25) is 0 Å². The minimum atomic E-state index is 0.481. The molecular weight excluding hydrogens is 256 g/mol. The summed E-state index contributed by atoms with van der Waals surface area (Å²) in [5.41, 5.74) is 2.15. The van der Waals surface area contributed by atoms with E-state index in [2.05, 4.69) is 40.2 Å². The Morgan fingerprint density at radius 3 is 2.68 bits per heavy atom. The lowest BCUT2D eigenvalue weighted by atomic mass is 10.2. The number of hydrogen-bond donors (Lipinski definition) is 1. The zero-order valence-electron chi connectivity index (χ0n) is 11.4. The maximum atomic E-state index is 4.42. The molecule has 2 aromatic rings. The van der Waals surface area contributed by atoms with Gasteiger partial charge in [-0.2, -0.15) is 0 Å². The van der Waals surface area contributed by atoms with Gasteiger partial charge in [0.2, 0.25) is 0 Å². The first-order valence-corrected chi connectivity index (χ1v) is 7.11. The molecule has 0 aromatic carbocycles. The van der Waals surface area contributed by atoms with Gasteiger partial charge in [-0.1, -0.05) is 19.9 Å².